The molecule has 1 aromatic carbocycles. The Kier molecular flexibility index (Phi) is 8.29. The monoisotopic (exact) mass is 505 g/mol. The van der Waals surface area contributed by atoms with Crippen LogP contribution >= 0.6 is 23.1 Å². The van der Waals surface area contributed by atoms with Crippen molar-refractivity contribution < 1.29 is 33.0 Å². The number of rotatable bonds is 10. The van der Waals surface area contributed by atoms with Crippen LogP contribution in [-0.4, -0.2) is 54.4 Å². The van der Waals surface area contributed by atoms with E-state index in [-0.39, 0.29) is 39.8 Å². The first-order valence-corrected chi connectivity index (χ1v) is 11.9. The Morgan fingerprint density at radius 3 is 2.38 bits per heavy atom. The molecule has 0 saturated heterocycles. The normalized spacial score (nSPS) is 10.6. The van der Waals surface area contributed by atoms with Gasteiger partial charge in [0.1, 0.15) is 16.5 Å². The number of thiophene rings is 1. The third-order valence-corrected chi connectivity index (χ3v) is 6.66. The minimum atomic E-state index is -0.595. The van der Waals surface area contributed by atoms with Crippen LogP contribution in [-0.2, 0) is 9.53 Å². The van der Waals surface area contributed by atoms with Crippen LogP contribution in [0.25, 0.3) is 11.5 Å². The number of amides is 1. The summed E-state index contributed by atoms with van der Waals surface area (Å²) < 4.78 is 21.2. The molecule has 10 nitrogen and oxygen atoms in total. The fourth-order valence-corrected chi connectivity index (χ4v) is 4.66. The molecule has 2 aromatic heterocycles. The molecule has 3 aromatic rings. The molecule has 180 valence electrons. The smallest absolute Gasteiger partial charge is 0.341 e. The van der Waals surface area contributed by atoms with E-state index in [1.54, 1.807) is 32.0 Å². The molecule has 0 atom stereocenters. The van der Waals surface area contributed by atoms with Crippen LogP contribution in [0.4, 0.5) is 5.00 Å². The average Bonchev–Trinajstić information content (AvgIpc) is 3.42. The van der Waals surface area contributed by atoms with Gasteiger partial charge in [0.25, 0.3) is 5.22 Å². The number of benzene rings is 1. The van der Waals surface area contributed by atoms with Crippen LogP contribution in [0, 0.1) is 6.92 Å². The number of hydrogen-bond acceptors (Lipinski definition) is 11. The van der Waals surface area contributed by atoms with Crippen molar-refractivity contribution in [3.05, 3.63) is 34.2 Å². The molecule has 1 amide bonds. The summed E-state index contributed by atoms with van der Waals surface area (Å²) in [5.74, 6) is 0.110. The molecule has 3 rings (SSSR count). The van der Waals surface area contributed by atoms with Gasteiger partial charge in [-0.15, -0.1) is 21.5 Å². The van der Waals surface area contributed by atoms with Gasteiger partial charge in [-0.1, -0.05) is 11.8 Å². The van der Waals surface area contributed by atoms with Gasteiger partial charge < -0.3 is 23.9 Å². The first-order chi connectivity index (χ1) is 16.3. The van der Waals surface area contributed by atoms with Crippen LogP contribution in [0.3, 0.4) is 0 Å². The number of thioether (sulfide) groups is 1. The molecule has 1 N–H and O–H groups in total. The van der Waals surface area contributed by atoms with Crippen LogP contribution in [0.2, 0.25) is 0 Å². The zero-order valence-corrected chi connectivity index (χ0v) is 20.8. The fraction of sp³-hybridized carbons (Fsp3) is 0.318. The molecular formula is C22H23N3O7S2. The van der Waals surface area contributed by atoms with Gasteiger partial charge in [-0.2, -0.15) is 0 Å². The number of carbonyl (C=O) groups excluding carboxylic acids is 3. The van der Waals surface area contributed by atoms with E-state index in [4.69, 9.17) is 18.6 Å². The molecule has 0 aliphatic heterocycles. The van der Waals surface area contributed by atoms with E-state index in [0.717, 1.165) is 23.1 Å². The SMILES string of the molecule is CCOC(=O)c1c(NC(=O)CSc2nnc(-c3cc(OC)cc(OC)c3)o2)sc(C(C)=O)c1C. The molecule has 0 bridgehead atoms. The fourth-order valence-electron chi connectivity index (χ4n) is 2.99. The van der Waals surface area contributed by atoms with Crippen LogP contribution in [0.15, 0.2) is 27.8 Å². The highest BCUT2D eigenvalue weighted by atomic mass is 32.2. The van der Waals surface area contributed by atoms with E-state index in [1.165, 1.54) is 21.1 Å². The summed E-state index contributed by atoms with van der Waals surface area (Å²) in [6.07, 6.45) is 0. The van der Waals surface area contributed by atoms with E-state index in [9.17, 15) is 14.4 Å². The maximum atomic E-state index is 12.6. The predicted molar refractivity (Wildman–Crippen MR) is 127 cm³/mol. The molecule has 0 unspecified atom stereocenters. The van der Waals surface area contributed by atoms with E-state index in [0.29, 0.717) is 27.5 Å². The maximum Gasteiger partial charge on any atom is 0.341 e. The number of aromatic nitrogens is 2. The third kappa shape index (κ3) is 5.75. The van der Waals surface area contributed by atoms with E-state index < -0.39 is 11.9 Å². The topological polar surface area (TPSA) is 130 Å². The highest BCUT2D eigenvalue weighted by Gasteiger charge is 2.25. The number of esters is 1. The lowest BCUT2D eigenvalue weighted by atomic mass is 10.1. The van der Waals surface area contributed by atoms with Gasteiger partial charge in [0, 0.05) is 11.6 Å². The molecular weight excluding hydrogens is 482 g/mol. The van der Waals surface area contributed by atoms with Gasteiger partial charge >= 0.3 is 5.97 Å². The number of anilines is 1. The van der Waals surface area contributed by atoms with Gasteiger partial charge in [-0.05, 0) is 38.5 Å². The minimum Gasteiger partial charge on any atom is -0.497 e. The van der Waals surface area contributed by atoms with E-state index >= 15 is 0 Å². The highest BCUT2D eigenvalue weighted by Crippen LogP contribution is 2.35. The van der Waals surface area contributed by atoms with E-state index in [1.807, 2.05) is 0 Å². The second-order valence-electron chi connectivity index (χ2n) is 6.85. The third-order valence-electron chi connectivity index (χ3n) is 4.53. The maximum absolute atomic E-state index is 12.6. The Bertz CT molecular complexity index is 1200. The number of ether oxygens (including phenoxy) is 3. The Labute approximate surface area is 204 Å². The summed E-state index contributed by atoms with van der Waals surface area (Å²) in [5.41, 5.74) is 1.27. The minimum absolute atomic E-state index is 0.0579. The first kappa shape index (κ1) is 25.2. The summed E-state index contributed by atoms with van der Waals surface area (Å²) in [4.78, 5) is 37.2. The Balaban J connectivity index is 1.71. The molecule has 0 spiro atoms. The highest BCUT2D eigenvalue weighted by molar-refractivity contribution is 7.99. The number of hydrogen-bond donors (Lipinski definition) is 1. The number of ketones is 1. The lowest BCUT2D eigenvalue weighted by molar-refractivity contribution is -0.113. The van der Waals surface area contributed by atoms with Crippen molar-refractivity contribution in [2.45, 2.75) is 26.0 Å². The number of nitrogens with zero attached hydrogens (tertiary/aromatic N) is 2. The Morgan fingerprint density at radius 2 is 1.79 bits per heavy atom. The summed E-state index contributed by atoms with van der Waals surface area (Å²) in [6, 6.07) is 5.16. The molecule has 2 heterocycles. The molecule has 12 heteroatoms. The molecule has 0 aliphatic rings. The Hall–Kier alpha value is -3.38. The summed E-state index contributed by atoms with van der Waals surface area (Å²) in [7, 11) is 3.07. The zero-order valence-electron chi connectivity index (χ0n) is 19.2. The summed E-state index contributed by atoms with van der Waals surface area (Å²) >= 11 is 2.07. The van der Waals surface area contributed by atoms with Gasteiger partial charge in [-0.3, -0.25) is 9.59 Å². The molecule has 0 fully saturated rings. The predicted octanol–water partition coefficient (Wildman–Crippen LogP) is 4.23. The summed E-state index contributed by atoms with van der Waals surface area (Å²) in [5, 5.41) is 11.1. The first-order valence-electron chi connectivity index (χ1n) is 10.1. The number of nitrogens with one attached hydrogen (secondary N) is 1. The van der Waals surface area contributed by atoms with Crippen molar-refractivity contribution in [1.82, 2.24) is 10.2 Å². The van der Waals surface area contributed by atoms with Crippen molar-refractivity contribution in [2.24, 2.45) is 0 Å². The number of Topliss-reactive ketones (excluding diaryl/α,β-unsaturated/α-hetero) is 1. The van der Waals surface area contributed by atoms with Gasteiger partial charge in [0.05, 0.1) is 37.0 Å². The lowest BCUT2D eigenvalue weighted by Crippen LogP contribution is -2.16. The molecule has 0 radical (unpaired) electrons. The van der Waals surface area contributed by atoms with Crippen LogP contribution in [0.5, 0.6) is 11.5 Å². The van der Waals surface area contributed by atoms with Crippen molar-refractivity contribution in [1.29, 1.82) is 0 Å². The van der Waals surface area contributed by atoms with Crippen molar-refractivity contribution in [3.8, 4) is 23.0 Å². The van der Waals surface area contributed by atoms with Crippen molar-refractivity contribution in [2.75, 3.05) is 31.9 Å². The second kappa shape index (κ2) is 11.2. The number of carbonyl (C=O) groups is 3. The van der Waals surface area contributed by atoms with Gasteiger partial charge in [0.15, 0.2) is 5.78 Å². The van der Waals surface area contributed by atoms with Gasteiger partial charge in [-0.25, -0.2) is 4.79 Å². The van der Waals surface area contributed by atoms with Crippen molar-refractivity contribution >= 4 is 45.8 Å². The van der Waals surface area contributed by atoms with Gasteiger partial charge in [0.2, 0.25) is 11.8 Å². The largest absolute Gasteiger partial charge is 0.497 e. The zero-order chi connectivity index (χ0) is 24.8. The quantitative estimate of drug-likeness (QED) is 0.243. The Morgan fingerprint density at radius 1 is 1.12 bits per heavy atom. The lowest BCUT2D eigenvalue weighted by Gasteiger charge is -2.06. The molecule has 0 aliphatic carbocycles. The van der Waals surface area contributed by atoms with E-state index in [2.05, 4.69) is 15.5 Å². The average molecular weight is 506 g/mol. The van der Waals surface area contributed by atoms with Crippen LogP contribution < -0.4 is 14.8 Å². The summed E-state index contributed by atoms with van der Waals surface area (Å²) in [6.45, 7) is 4.91. The van der Waals surface area contributed by atoms with Crippen LogP contribution in [0.1, 0.15) is 39.4 Å². The molecule has 34 heavy (non-hydrogen) atoms. The van der Waals surface area contributed by atoms with Crippen molar-refractivity contribution in [3.63, 3.8) is 0 Å². The number of methoxy groups -OCH3 is 2. The molecule has 0 saturated carbocycles. The second-order valence-corrected chi connectivity index (χ2v) is 8.80. The standard InChI is InChI=1S/C22H23N3O7S2/c1-6-31-21(28)17-11(2)18(12(3)26)34-20(17)23-16(27)10-33-22-25-24-19(32-22)13-7-14(29-4)9-15(8-13)30-5/h7-9H,6,10H2,1-5H3,(H,23,27).